The summed E-state index contributed by atoms with van der Waals surface area (Å²) in [4.78, 5) is 8.69. The van der Waals surface area contributed by atoms with Crippen molar-refractivity contribution in [3.8, 4) is 0 Å². The molecule has 0 aliphatic carbocycles. The molecule has 1 atom stereocenters. The van der Waals surface area contributed by atoms with Crippen LogP contribution in [0, 0.1) is 0 Å². The first-order valence-electron chi connectivity index (χ1n) is 7.41. The average molecular weight is 351 g/mol. The van der Waals surface area contributed by atoms with E-state index in [-0.39, 0.29) is 6.23 Å². The molecule has 1 unspecified atom stereocenters. The zero-order chi connectivity index (χ0) is 14.7. The third-order valence-corrected chi connectivity index (χ3v) is 4.18. The van der Waals surface area contributed by atoms with Gasteiger partial charge in [0.1, 0.15) is 12.1 Å². The number of hydrogen-bond donors (Lipinski definition) is 0. The van der Waals surface area contributed by atoms with Gasteiger partial charge in [-0.25, -0.2) is 14.6 Å². The lowest BCUT2D eigenvalue weighted by molar-refractivity contribution is -0.0410. The van der Waals surface area contributed by atoms with Gasteiger partial charge in [0.2, 0.25) is 0 Å². The van der Waals surface area contributed by atoms with Gasteiger partial charge in [0.05, 0.1) is 10.7 Å². The maximum absolute atomic E-state index is 5.85. The standard InChI is InChI=1S/C15H19BrN4O/c1-2-13-11(7-14-17-9-12(16)10-18-14)8-19-20(13)15-5-3-4-6-21-15/h8-10,15H,2-7H2,1H3. The Morgan fingerprint density at radius 2 is 2.10 bits per heavy atom. The molecule has 1 aliphatic rings. The molecule has 0 amide bonds. The minimum atomic E-state index is 0.0910. The van der Waals surface area contributed by atoms with Crippen molar-refractivity contribution in [1.82, 2.24) is 19.7 Å². The van der Waals surface area contributed by atoms with Gasteiger partial charge in [-0.05, 0) is 41.6 Å². The van der Waals surface area contributed by atoms with Crippen LogP contribution < -0.4 is 0 Å². The number of hydrogen-bond acceptors (Lipinski definition) is 4. The first-order chi connectivity index (χ1) is 10.3. The molecule has 2 aromatic rings. The highest BCUT2D eigenvalue weighted by molar-refractivity contribution is 9.10. The predicted octanol–water partition coefficient (Wildman–Crippen LogP) is 3.29. The van der Waals surface area contributed by atoms with Crippen LogP contribution in [0.25, 0.3) is 0 Å². The van der Waals surface area contributed by atoms with E-state index in [0.29, 0.717) is 6.42 Å². The normalized spacial score (nSPS) is 18.9. The van der Waals surface area contributed by atoms with E-state index in [2.05, 4.69) is 37.9 Å². The van der Waals surface area contributed by atoms with Crippen molar-refractivity contribution in [1.29, 1.82) is 0 Å². The fourth-order valence-corrected chi connectivity index (χ4v) is 2.93. The summed E-state index contributed by atoms with van der Waals surface area (Å²) in [6.45, 7) is 2.99. The van der Waals surface area contributed by atoms with E-state index in [0.717, 1.165) is 36.2 Å². The summed E-state index contributed by atoms with van der Waals surface area (Å²) in [5.74, 6) is 0.817. The lowest BCUT2D eigenvalue weighted by Crippen LogP contribution is -2.21. The van der Waals surface area contributed by atoms with Crippen molar-refractivity contribution in [2.24, 2.45) is 0 Å². The van der Waals surface area contributed by atoms with Gasteiger partial charge in [0.25, 0.3) is 0 Å². The highest BCUT2D eigenvalue weighted by atomic mass is 79.9. The van der Waals surface area contributed by atoms with Gasteiger partial charge in [-0.2, -0.15) is 5.10 Å². The molecule has 3 heterocycles. The number of ether oxygens (including phenoxy) is 1. The van der Waals surface area contributed by atoms with Crippen LogP contribution in [0.5, 0.6) is 0 Å². The van der Waals surface area contributed by atoms with Gasteiger partial charge in [0, 0.05) is 36.7 Å². The second-order valence-electron chi connectivity index (χ2n) is 5.23. The molecule has 21 heavy (non-hydrogen) atoms. The molecule has 0 saturated carbocycles. The molecule has 2 aromatic heterocycles. The number of nitrogens with zero attached hydrogens (tertiary/aromatic N) is 4. The first kappa shape index (κ1) is 14.7. The topological polar surface area (TPSA) is 52.8 Å². The molecular formula is C15H19BrN4O. The molecule has 0 bridgehead atoms. The van der Waals surface area contributed by atoms with E-state index in [4.69, 9.17) is 4.74 Å². The van der Waals surface area contributed by atoms with E-state index < -0.39 is 0 Å². The Morgan fingerprint density at radius 1 is 1.29 bits per heavy atom. The fourth-order valence-electron chi connectivity index (χ4n) is 2.73. The molecule has 1 saturated heterocycles. The monoisotopic (exact) mass is 350 g/mol. The van der Waals surface area contributed by atoms with E-state index in [1.807, 2.05) is 10.9 Å². The maximum Gasteiger partial charge on any atom is 0.150 e. The lowest BCUT2D eigenvalue weighted by Gasteiger charge is -2.24. The molecule has 5 nitrogen and oxygen atoms in total. The van der Waals surface area contributed by atoms with Gasteiger partial charge < -0.3 is 4.74 Å². The first-order valence-corrected chi connectivity index (χ1v) is 8.20. The molecule has 6 heteroatoms. The highest BCUT2D eigenvalue weighted by Crippen LogP contribution is 2.25. The summed E-state index contributed by atoms with van der Waals surface area (Å²) < 4.78 is 8.79. The summed E-state index contributed by atoms with van der Waals surface area (Å²) in [5.41, 5.74) is 2.42. The van der Waals surface area contributed by atoms with Crippen molar-refractivity contribution < 1.29 is 4.74 Å². The Kier molecular flexibility index (Phi) is 4.65. The van der Waals surface area contributed by atoms with Crippen molar-refractivity contribution in [2.45, 2.75) is 45.3 Å². The minimum Gasteiger partial charge on any atom is -0.357 e. The molecule has 0 N–H and O–H groups in total. The smallest absolute Gasteiger partial charge is 0.150 e. The Bertz CT molecular complexity index is 590. The fraction of sp³-hybridized carbons (Fsp3) is 0.533. The van der Waals surface area contributed by atoms with E-state index in [1.165, 1.54) is 17.7 Å². The zero-order valence-corrected chi connectivity index (χ0v) is 13.7. The molecule has 112 valence electrons. The van der Waals surface area contributed by atoms with Gasteiger partial charge in [-0.15, -0.1) is 0 Å². The summed E-state index contributed by atoms with van der Waals surface area (Å²) in [5, 5.41) is 4.55. The molecule has 0 aromatic carbocycles. The highest BCUT2D eigenvalue weighted by Gasteiger charge is 2.21. The molecule has 1 fully saturated rings. The Labute approximate surface area is 132 Å². The Balaban J connectivity index is 1.82. The van der Waals surface area contributed by atoms with Crippen LogP contribution in [-0.2, 0) is 17.6 Å². The number of rotatable bonds is 4. The summed E-state index contributed by atoms with van der Waals surface area (Å²) >= 11 is 3.36. The quantitative estimate of drug-likeness (QED) is 0.848. The van der Waals surface area contributed by atoms with Crippen LogP contribution in [0.2, 0.25) is 0 Å². The van der Waals surface area contributed by atoms with Crippen LogP contribution in [0.1, 0.15) is 49.5 Å². The van der Waals surface area contributed by atoms with Crippen molar-refractivity contribution in [3.05, 3.63) is 40.1 Å². The minimum absolute atomic E-state index is 0.0910. The largest absolute Gasteiger partial charge is 0.357 e. The second-order valence-corrected chi connectivity index (χ2v) is 6.15. The molecule has 3 rings (SSSR count). The van der Waals surface area contributed by atoms with Gasteiger partial charge in [0.15, 0.2) is 0 Å². The average Bonchev–Trinajstić information content (AvgIpc) is 2.93. The zero-order valence-electron chi connectivity index (χ0n) is 12.1. The van der Waals surface area contributed by atoms with Crippen LogP contribution >= 0.6 is 15.9 Å². The number of halogens is 1. The Morgan fingerprint density at radius 3 is 2.76 bits per heavy atom. The third kappa shape index (κ3) is 3.32. The molecule has 0 radical (unpaired) electrons. The van der Waals surface area contributed by atoms with Crippen LogP contribution in [0.3, 0.4) is 0 Å². The van der Waals surface area contributed by atoms with E-state index in [9.17, 15) is 0 Å². The summed E-state index contributed by atoms with van der Waals surface area (Å²) in [7, 11) is 0. The van der Waals surface area contributed by atoms with Gasteiger partial charge in [-0.1, -0.05) is 6.92 Å². The van der Waals surface area contributed by atoms with Gasteiger partial charge in [-0.3, -0.25) is 0 Å². The lowest BCUT2D eigenvalue weighted by atomic mass is 10.1. The molecular weight excluding hydrogens is 332 g/mol. The van der Waals surface area contributed by atoms with Crippen LogP contribution in [0.4, 0.5) is 0 Å². The van der Waals surface area contributed by atoms with Crippen molar-refractivity contribution >= 4 is 15.9 Å². The van der Waals surface area contributed by atoms with E-state index >= 15 is 0 Å². The summed E-state index contributed by atoms with van der Waals surface area (Å²) in [6.07, 6.45) is 10.6. The van der Waals surface area contributed by atoms with Crippen molar-refractivity contribution in [3.63, 3.8) is 0 Å². The second kappa shape index (κ2) is 6.66. The SMILES string of the molecule is CCc1c(Cc2ncc(Br)cn2)cnn1C1CCCCO1. The van der Waals surface area contributed by atoms with Crippen molar-refractivity contribution in [2.75, 3.05) is 6.61 Å². The van der Waals surface area contributed by atoms with Gasteiger partial charge >= 0.3 is 0 Å². The molecule has 1 aliphatic heterocycles. The maximum atomic E-state index is 5.85. The van der Waals surface area contributed by atoms with Crippen LogP contribution in [-0.4, -0.2) is 26.4 Å². The third-order valence-electron chi connectivity index (χ3n) is 3.77. The Hall–Kier alpha value is -1.27. The summed E-state index contributed by atoms with van der Waals surface area (Å²) in [6, 6.07) is 0. The van der Waals surface area contributed by atoms with Crippen LogP contribution in [0.15, 0.2) is 23.1 Å². The van der Waals surface area contributed by atoms with E-state index in [1.54, 1.807) is 12.4 Å². The molecule has 0 spiro atoms. The predicted molar refractivity (Wildman–Crippen MR) is 83.0 cm³/mol. The number of aromatic nitrogens is 4.